The average molecular weight is 407 g/mol. The number of hydrogen-bond acceptors (Lipinski definition) is 7. The Bertz CT molecular complexity index is 952. The SMILES string of the molecule is Cc1ccc(C(CNc2ccc(C(=O)Nc3ccccc3)nn2)N2CCOCC2)o1. The minimum atomic E-state index is -0.294. The van der Waals surface area contributed by atoms with Crippen LogP contribution in [0, 0.1) is 6.92 Å². The van der Waals surface area contributed by atoms with E-state index in [1.54, 1.807) is 12.1 Å². The first-order valence-electron chi connectivity index (χ1n) is 10.0. The number of hydrogen-bond donors (Lipinski definition) is 2. The van der Waals surface area contributed by atoms with E-state index in [0.717, 1.165) is 24.6 Å². The lowest BCUT2D eigenvalue weighted by Crippen LogP contribution is -2.41. The van der Waals surface area contributed by atoms with Gasteiger partial charge in [-0.05, 0) is 43.3 Å². The number of amides is 1. The molecule has 2 aromatic heterocycles. The number of nitrogens with one attached hydrogen (secondary N) is 2. The summed E-state index contributed by atoms with van der Waals surface area (Å²) >= 11 is 0. The topological polar surface area (TPSA) is 92.5 Å². The summed E-state index contributed by atoms with van der Waals surface area (Å²) in [7, 11) is 0. The normalized spacial score (nSPS) is 15.5. The molecule has 0 aliphatic carbocycles. The predicted molar refractivity (Wildman–Crippen MR) is 113 cm³/mol. The highest BCUT2D eigenvalue weighted by molar-refractivity contribution is 6.02. The lowest BCUT2D eigenvalue weighted by Gasteiger charge is -2.33. The molecule has 1 aromatic carbocycles. The fraction of sp³-hybridized carbons (Fsp3) is 0.318. The first-order chi connectivity index (χ1) is 14.7. The number of rotatable bonds is 7. The number of anilines is 2. The molecule has 1 saturated heterocycles. The highest BCUT2D eigenvalue weighted by Gasteiger charge is 2.25. The second-order valence-corrected chi connectivity index (χ2v) is 7.12. The molecule has 1 aliphatic heterocycles. The maximum Gasteiger partial charge on any atom is 0.276 e. The number of furan rings is 1. The standard InChI is InChI=1S/C22H25N5O3/c1-16-7-9-20(30-16)19(27-11-13-29-14-12-27)15-23-21-10-8-18(25-26-21)22(28)24-17-5-3-2-4-6-17/h2-10,19H,11-15H2,1H3,(H,23,26)(H,24,28). The van der Waals surface area contributed by atoms with E-state index in [2.05, 4.69) is 25.7 Å². The van der Waals surface area contributed by atoms with Crippen molar-refractivity contribution in [2.45, 2.75) is 13.0 Å². The minimum Gasteiger partial charge on any atom is -0.465 e. The Morgan fingerprint density at radius 1 is 1.07 bits per heavy atom. The zero-order chi connectivity index (χ0) is 20.8. The van der Waals surface area contributed by atoms with E-state index in [0.29, 0.717) is 31.3 Å². The van der Waals surface area contributed by atoms with E-state index in [4.69, 9.17) is 9.15 Å². The van der Waals surface area contributed by atoms with Gasteiger partial charge in [-0.25, -0.2) is 0 Å². The zero-order valence-electron chi connectivity index (χ0n) is 16.9. The number of aryl methyl sites for hydroxylation is 1. The number of morpholine rings is 1. The molecular formula is C22H25N5O3. The van der Waals surface area contributed by atoms with Crippen molar-refractivity contribution in [3.05, 3.63) is 71.8 Å². The van der Waals surface area contributed by atoms with E-state index < -0.39 is 0 Å². The van der Waals surface area contributed by atoms with Gasteiger partial charge < -0.3 is 19.8 Å². The fourth-order valence-electron chi connectivity index (χ4n) is 3.40. The highest BCUT2D eigenvalue weighted by atomic mass is 16.5. The lowest BCUT2D eigenvalue weighted by atomic mass is 10.1. The van der Waals surface area contributed by atoms with Crippen molar-refractivity contribution in [3.8, 4) is 0 Å². The van der Waals surface area contributed by atoms with Crippen LogP contribution in [0.5, 0.6) is 0 Å². The minimum absolute atomic E-state index is 0.0606. The van der Waals surface area contributed by atoms with Gasteiger partial charge in [-0.3, -0.25) is 9.69 Å². The third-order valence-corrected chi connectivity index (χ3v) is 4.98. The maximum atomic E-state index is 12.3. The van der Waals surface area contributed by atoms with Crippen LogP contribution in [-0.4, -0.2) is 53.9 Å². The molecule has 30 heavy (non-hydrogen) atoms. The van der Waals surface area contributed by atoms with Crippen LogP contribution in [0.3, 0.4) is 0 Å². The van der Waals surface area contributed by atoms with Crippen LogP contribution in [0.15, 0.2) is 59.0 Å². The number of benzene rings is 1. The van der Waals surface area contributed by atoms with E-state index in [9.17, 15) is 4.79 Å². The van der Waals surface area contributed by atoms with Gasteiger partial charge in [0.05, 0.1) is 19.3 Å². The summed E-state index contributed by atoms with van der Waals surface area (Å²) in [6.45, 7) is 5.66. The molecule has 2 N–H and O–H groups in total. The quantitative estimate of drug-likeness (QED) is 0.622. The molecule has 3 aromatic rings. The maximum absolute atomic E-state index is 12.3. The Balaban J connectivity index is 1.39. The van der Waals surface area contributed by atoms with E-state index in [1.165, 1.54) is 0 Å². The summed E-state index contributed by atoms with van der Waals surface area (Å²) in [5.41, 5.74) is 0.976. The van der Waals surface area contributed by atoms with Crippen LogP contribution >= 0.6 is 0 Å². The third-order valence-electron chi connectivity index (χ3n) is 4.98. The molecule has 156 valence electrons. The molecule has 8 nitrogen and oxygen atoms in total. The van der Waals surface area contributed by atoms with Crippen LogP contribution in [0.2, 0.25) is 0 Å². The van der Waals surface area contributed by atoms with Crippen molar-refractivity contribution in [2.24, 2.45) is 0 Å². The van der Waals surface area contributed by atoms with Gasteiger partial charge >= 0.3 is 0 Å². The molecule has 1 amide bonds. The monoisotopic (exact) mass is 407 g/mol. The van der Waals surface area contributed by atoms with E-state index >= 15 is 0 Å². The Kier molecular flexibility index (Phi) is 6.36. The molecular weight excluding hydrogens is 382 g/mol. The zero-order valence-corrected chi connectivity index (χ0v) is 16.9. The lowest BCUT2D eigenvalue weighted by molar-refractivity contribution is 0.0143. The Morgan fingerprint density at radius 3 is 2.53 bits per heavy atom. The Labute approximate surface area is 175 Å². The second kappa shape index (κ2) is 9.51. The average Bonchev–Trinajstić information content (AvgIpc) is 3.21. The third kappa shape index (κ3) is 5.03. The number of ether oxygens (including phenoxy) is 1. The van der Waals surface area contributed by atoms with Gasteiger partial charge in [-0.15, -0.1) is 10.2 Å². The van der Waals surface area contributed by atoms with Crippen LogP contribution in [0.1, 0.15) is 28.1 Å². The molecule has 8 heteroatoms. The summed E-state index contributed by atoms with van der Waals surface area (Å²) in [6, 6.07) is 16.7. The fourth-order valence-corrected chi connectivity index (χ4v) is 3.40. The van der Waals surface area contributed by atoms with Crippen molar-refractivity contribution >= 4 is 17.4 Å². The first-order valence-corrected chi connectivity index (χ1v) is 10.0. The summed E-state index contributed by atoms with van der Waals surface area (Å²) in [4.78, 5) is 14.7. The molecule has 3 heterocycles. The van der Waals surface area contributed by atoms with Gasteiger partial charge in [0.15, 0.2) is 5.69 Å². The van der Waals surface area contributed by atoms with Gasteiger partial charge in [-0.2, -0.15) is 0 Å². The van der Waals surface area contributed by atoms with Crippen molar-refractivity contribution < 1.29 is 13.9 Å². The molecule has 0 spiro atoms. The van der Waals surface area contributed by atoms with Gasteiger partial charge in [0.25, 0.3) is 5.91 Å². The summed E-state index contributed by atoms with van der Waals surface area (Å²) in [5.74, 6) is 2.11. The summed E-state index contributed by atoms with van der Waals surface area (Å²) in [6.07, 6.45) is 0. The van der Waals surface area contributed by atoms with Gasteiger partial charge in [0.2, 0.25) is 0 Å². The van der Waals surface area contributed by atoms with Crippen molar-refractivity contribution in [1.29, 1.82) is 0 Å². The molecule has 0 bridgehead atoms. The first kappa shape index (κ1) is 20.1. The van der Waals surface area contributed by atoms with E-state index in [1.807, 2.05) is 49.4 Å². The predicted octanol–water partition coefficient (Wildman–Crippen LogP) is 3.12. The second-order valence-electron chi connectivity index (χ2n) is 7.12. The Hall–Kier alpha value is -3.23. The Morgan fingerprint density at radius 2 is 1.87 bits per heavy atom. The number of aromatic nitrogens is 2. The molecule has 4 rings (SSSR count). The van der Waals surface area contributed by atoms with E-state index in [-0.39, 0.29) is 17.6 Å². The van der Waals surface area contributed by atoms with Crippen LogP contribution in [0.25, 0.3) is 0 Å². The van der Waals surface area contributed by atoms with Gasteiger partial charge in [0.1, 0.15) is 17.3 Å². The van der Waals surface area contributed by atoms with Crippen LogP contribution < -0.4 is 10.6 Å². The number of carbonyl (C=O) groups is 1. The highest BCUT2D eigenvalue weighted by Crippen LogP contribution is 2.24. The molecule has 1 fully saturated rings. The number of para-hydroxylation sites is 1. The van der Waals surface area contributed by atoms with Crippen LogP contribution in [-0.2, 0) is 4.74 Å². The molecule has 1 atom stereocenters. The summed E-state index contributed by atoms with van der Waals surface area (Å²) in [5, 5.41) is 14.3. The largest absolute Gasteiger partial charge is 0.465 e. The molecule has 0 saturated carbocycles. The van der Waals surface area contributed by atoms with Gasteiger partial charge in [0, 0.05) is 25.3 Å². The molecule has 1 unspecified atom stereocenters. The molecule has 0 radical (unpaired) electrons. The van der Waals surface area contributed by atoms with Crippen molar-refractivity contribution in [3.63, 3.8) is 0 Å². The summed E-state index contributed by atoms with van der Waals surface area (Å²) < 4.78 is 11.4. The van der Waals surface area contributed by atoms with Gasteiger partial charge in [-0.1, -0.05) is 18.2 Å². The number of carbonyl (C=O) groups excluding carboxylic acids is 1. The van der Waals surface area contributed by atoms with Crippen molar-refractivity contribution in [1.82, 2.24) is 15.1 Å². The smallest absolute Gasteiger partial charge is 0.276 e. The van der Waals surface area contributed by atoms with Crippen LogP contribution in [0.4, 0.5) is 11.5 Å². The molecule has 1 aliphatic rings. The number of nitrogens with zero attached hydrogens (tertiary/aromatic N) is 3. The van der Waals surface area contributed by atoms with Crippen molar-refractivity contribution in [2.75, 3.05) is 43.5 Å².